The number of amides is 2. The number of nitrogens with one attached hydrogen (secondary N) is 1. The third-order valence-electron chi connectivity index (χ3n) is 6.02. The molecule has 0 radical (unpaired) electrons. The van der Waals surface area contributed by atoms with Gasteiger partial charge in [0, 0.05) is 30.6 Å². The fourth-order valence-electron chi connectivity index (χ4n) is 4.18. The molecule has 1 saturated heterocycles. The number of anilines is 1. The molecule has 0 saturated carbocycles. The first kappa shape index (κ1) is 22.2. The second-order valence-electron chi connectivity index (χ2n) is 8.21. The maximum Gasteiger partial charge on any atom is 0.256 e. The van der Waals surface area contributed by atoms with E-state index in [1.165, 1.54) is 4.90 Å². The number of nitrogens with zero attached hydrogens (tertiary/aromatic N) is 2. The molecule has 0 aliphatic carbocycles. The summed E-state index contributed by atoms with van der Waals surface area (Å²) in [5.41, 5.74) is 2.31. The smallest absolute Gasteiger partial charge is 0.256 e. The van der Waals surface area contributed by atoms with Crippen LogP contribution in [0.25, 0.3) is 20.8 Å². The lowest BCUT2D eigenvalue weighted by molar-refractivity contribution is -0.121. The number of carbonyl (C=O) groups excluding carboxylic acids is 2. The van der Waals surface area contributed by atoms with E-state index in [1.54, 1.807) is 11.3 Å². The third-order valence-corrected chi connectivity index (χ3v) is 7.09. The predicted octanol–water partition coefficient (Wildman–Crippen LogP) is 5.73. The van der Waals surface area contributed by atoms with Gasteiger partial charge in [0.2, 0.25) is 5.91 Å². The van der Waals surface area contributed by atoms with Crippen LogP contribution in [-0.4, -0.2) is 34.8 Å². The van der Waals surface area contributed by atoms with Gasteiger partial charge in [-0.1, -0.05) is 24.3 Å². The van der Waals surface area contributed by atoms with Gasteiger partial charge >= 0.3 is 0 Å². The zero-order chi connectivity index (χ0) is 23.7. The van der Waals surface area contributed by atoms with Gasteiger partial charge in [-0.3, -0.25) is 9.59 Å². The van der Waals surface area contributed by atoms with Crippen molar-refractivity contribution in [2.75, 3.05) is 18.4 Å². The van der Waals surface area contributed by atoms with Crippen LogP contribution in [0.2, 0.25) is 0 Å². The molecule has 0 unspecified atom stereocenters. The lowest BCUT2D eigenvalue weighted by Crippen LogP contribution is -2.41. The van der Waals surface area contributed by atoms with Crippen molar-refractivity contribution in [2.24, 2.45) is 5.92 Å². The molecule has 4 aromatic rings. The van der Waals surface area contributed by atoms with E-state index in [4.69, 9.17) is 4.98 Å². The average molecular weight is 478 g/mol. The van der Waals surface area contributed by atoms with Crippen molar-refractivity contribution in [2.45, 2.75) is 12.8 Å². The number of hydrogen-bond donors (Lipinski definition) is 1. The summed E-state index contributed by atoms with van der Waals surface area (Å²) in [6, 6.07) is 18.4. The van der Waals surface area contributed by atoms with E-state index in [0.717, 1.165) is 32.9 Å². The highest BCUT2D eigenvalue weighted by atomic mass is 32.1. The number of hydrogen-bond acceptors (Lipinski definition) is 4. The van der Waals surface area contributed by atoms with Gasteiger partial charge < -0.3 is 10.2 Å². The SMILES string of the molecule is O=C(Nc1ccccc1-c1nc2ccccc2s1)C1CCN(C(=O)c2ccc(F)cc2F)CC1. The van der Waals surface area contributed by atoms with Crippen LogP contribution in [0, 0.1) is 17.6 Å². The van der Waals surface area contributed by atoms with Crippen LogP contribution in [0.1, 0.15) is 23.2 Å². The molecule has 1 N–H and O–H groups in total. The number of halogens is 2. The van der Waals surface area contributed by atoms with Crippen molar-refractivity contribution >= 4 is 39.1 Å². The maximum atomic E-state index is 14.0. The molecule has 0 atom stereocenters. The molecule has 1 aliphatic rings. The summed E-state index contributed by atoms with van der Waals surface area (Å²) in [7, 11) is 0. The van der Waals surface area contributed by atoms with Gasteiger partial charge in [-0.2, -0.15) is 0 Å². The predicted molar refractivity (Wildman–Crippen MR) is 129 cm³/mol. The van der Waals surface area contributed by atoms with Crippen LogP contribution in [0.15, 0.2) is 66.7 Å². The number of aromatic nitrogens is 1. The van der Waals surface area contributed by atoms with Gasteiger partial charge in [-0.25, -0.2) is 13.8 Å². The van der Waals surface area contributed by atoms with Crippen LogP contribution in [0.3, 0.4) is 0 Å². The summed E-state index contributed by atoms with van der Waals surface area (Å²) in [5, 5.41) is 3.87. The van der Waals surface area contributed by atoms with Crippen LogP contribution in [0.4, 0.5) is 14.5 Å². The van der Waals surface area contributed by atoms with E-state index < -0.39 is 17.5 Å². The second kappa shape index (κ2) is 9.30. The Labute approximate surface area is 199 Å². The van der Waals surface area contributed by atoms with Crippen molar-refractivity contribution in [1.29, 1.82) is 0 Å². The van der Waals surface area contributed by atoms with Gasteiger partial charge in [0.25, 0.3) is 5.91 Å². The summed E-state index contributed by atoms with van der Waals surface area (Å²) in [6.07, 6.45) is 0.924. The van der Waals surface area contributed by atoms with Crippen molar-refractivity contribution in [3.63, 3.8) is 0 Å². The molecule has 3 aromatic carbocycles. The molecule has 5 rings (SSSR count). The molecule has 5 nitrogen and oxygen atoms in total. The van der Waals surface area contributed by atoms with Gasteiger partial charge in [0.1, 0.15) is 16.6 Å². The van der Waals surface area contributed by atoms with E-state index in [-0.39, 0.29) is 17.4 Å². The standard InChI is InChI=1S/C26H21F2N3O2S/c27-17-9-10-18(20(28)15-17)26(33)31-13-11-16(12-14-31)24(32)29-21-6-2-1-5-19(21)25-30-22-7-3-4-8-23(22)34-25/h1-10,15-16H,11-14H2,(H,29,32). The van der Waals surface area contributed by atoms with Gasteiger partial charge in [-0.15, -0.1) is 11.3 Å². The minimum Gasteiger partial charge on any atom is -0.339 e. The topological polar surface area (TPSA) is 62.3 Å². The van der Waals surface area contributed by atoms with Gasteiger partial charge in [0.15, 0.2) is 0 Å². The Morgan fingerprint density at radius 2 is 1.71 bits per heavy atom. The largest absolute Gasteiger partial charge is 0.339 e. The van der Waals surface area contributed by atoms with Crippen LogP contribution < -0.4 is 5.32 Å². The summed E-state index contributed by atoms with van der Waals surface area (Å²) in [6.45, 7) is 0.653. The average Bonchev–Trinajstić information content (AvgIpc) is 3.28. The number of benzene rings is 3. The highest BCUT2D eigenvalue weighted by Crippen LogP contribution is 2.35. The molecule has 1 fully saturated rings. The minimum atomic E-state index is -0.878. The Balaban J connectivity index is 1.26. The lowest BCUT2D eigenvalue weighted by atomic mass is 9.95. The molecular formula is C26H21F2N3O2S. The molecule has 0 spiro atoms. The fraction of sp³-hybridized carbons (Fsp3) is 0.192. The normalized spacial score (nSPS) is 14.4. The quantitative estimate of drug-likeness (QED) is 0.408. The summed E-state index contributed by atoms with van der Waals surface area (Å²) >= 11 is 1.57. The van der Waals surface area contributed by atoms with Crippen molar-refractivity contribution in [3.05, 3.63) is 83.9 Å². The number of likely N-dealkylation sites (tertiary alicyclic amines) is 1. The number of piperidine rings is 1. The molecule has 8 heteroatoms. The van der Waals surface area contributed by atoms with Crippen LogP contribution >= 0.6 is 11.3 Å². The Kier molecular flexibility index (Phi) is 6.06. The second-order valence-corrected chi connectivity index (χ2v) is 9.24. The molecule has 1 aliphatic heterocycles. The van der Waals surface area contributed by atoms with E-state index in [1.807, 2.05) is 48.5 Å². The van der Waals surface area contributed by atoms with Crippen molar-refractivity contribution in [3.8, 4) is 10.6 Å². The molecule has 1 aromatic heterocycles. The number of carbonyl (C=O) groups is 2. The highest BCUT2D eigenvalue weighted by Gasteiger charge is 2.29. The van der Waals surface area contributed by atoms with Crippen molar-refractivity contribution in [1.82, 2.24) is 9.88 Å². The lowest BCUT2D eigenvalue weighted by Gasteiger charge is -2.31. The van der Waals surface area contributed by atoms with E-state index in [0.29, 0.717) is 37.7 Å². The first-order chi connectivity index (χ1) is 16.5. The Morgan fingerprint density at radius 3 is 2.47 bits per heavy atom. The molecule has 0 bridgehead atoms. The zero-order valence-electron chi connectivity index (χ0n) is 18.1. The first-order valence-electron chi connectivity index (χ1n) is 11.0. The number of thiazole rings is 1. The molecule has 34 heavy (non-hydrogen) atoms. The highest BCUT2D eigenvalue weighted by molar-refractivity contribution is 7.21. The monoisotopic (exact) mass is 477 g/mol. The first-order valence-corrected chi connectivity index (χ1v) is 11.8. The molecular weight excluding hydrogens is 456 g/mol. The summed E-state index contributed by atoms with van der Waals surface area (Å²) < 4.78 is 28.2. The number of para-hydroxylation sites is 2. The fourth-order valence-corrected chi connectivity index (χ4v) is 5.18. The molecule has 2 amide bonds. The molecule has 2 heterocycles. The number of fused-ring (bicyclic) bond motifs is 1. The van der Waals surface area contributed by atoms with Gasteiger partial charge in [-0.05, 0) is 49.2 Å². The van der Waals surface area contributed by atoms with E-state index >= 15 is 0 Å². The van der Waals surface area contributed by atoms with Crippen LogP contribution in [0.5, 0.6) is 0 Å². The Bertz CT molecular complexity index is 1350. The zero-order valence-corrected chi connectivity index (χ0v) is 18.9. The van der Waals surface area contributed by atoms with E-state index in [2.05, 4.69) is 5.32 Å². The summed E-state index contributed by atoms with van der Waals surface area (Å²) in [4.78, 5) is 31.9. The number of rotatable bonds is 4. The Hall–Kier alpha value is -3.65. The maximum absolute atomic E-state index is 14.0. The third kappa shape index (κ3) is 4.41. The van der Waals surface area contributed by atoms with Crippen LogP contribution in [-0.2, 0) is 4.79 Å². The minimum absolute atomic E-state index is 0.117. The summed E-state index contributed by atoms with van der Waals surface area (Å²) in [5.74, 6) is -2.48. The van der Waals surface area contributed by atoms with E-state index in [9.17, 15) is 18.4 Å². The Morgan fingerprint density at radius 1 is 0.971 bits per heavy atom. The molecule has 172 valence electrons. The van der Waals surface area contributed by atoms with Gasteiger partial charge in [0.05, 0.1) is 21.5 Å². The van der Waals surface area contributed by atoms with Crippen molar-refractivity contribution < 1.29 is 18.4 Å².